The molecule has 1 rings (SSSR count). The summed E-state index contributed by atoms with van der Waals surface area (Å²) in [5, 5.41) is 15.6. The van der Waals surface area contributed by atoms with Crippen molar-refractivity contribution in [3.8, 4) is 5.75 Å². The molecule has 132 valence electrons. The number of carbonyl (C=O) groups excluding carboxylic acids is 1. The first-order valence-corrected chi connectivity index (χ1v) is 7.20. The van der Waals surface area contributed by atoms with Crippen LogP contribution in [0.3, 0.4) is 0 Å². The zero-order chi connectivity index (χ0) is 18.5. The van der Waals surface area contributed by atoms with Crippen LogP contribution in [0.4, 0.5) is 0 Å². The Morgan fingerprint density at radius 3 is 1.92 bits per heavy atom. The number of rotatable bonds is 8. The number of aliphatic carboxylic acids is 2. The second-order valence-corrected chi connectivity index (χ2v) is 5.18. The monoisotopic (exact) mass is 337 g/mol. The van der Waals surface area contributed by atoms with Gasteiger partial charge in [-0.3, -0.25) is 4.79 Å². The molecule has 1 aromatic carbocycles. The van der Waals surface area contributed by atoms with Gasteiger partial charge in [0.15, 0.2) is 0 Å². The minimum absolute atomic E-state index is 0.182. The molecule has 0 bridgehead atoms. The first-order chi connectivity index (χ1) is 11.2. The maximum atomic E-state index is 10.9. The maximum absolute atomic E-state index is 10.9. The summed E-state index contributed by atoms with van der Waals surface area (Å²) in [5.41, 5.74) is 1.03. The van der Waals surface area contributed by atoms with E-state index in [0.717, 1.165) is 17.9 Å². The molecule has 7 nitrogen and oxygen atoms in total. The van der Waals surface area contributed by atoms with E-state index in [4.69, 9.17) is 14.9 Å². The van der Waals surface area contributed by atoms with Crippen molar-refractivity contribution in [2.45, 2.75) is 13.3 Å². The largest absolute Gasteiger partial charge is 0.492 e. The Balaban J connectivity index is 0.000000561. The number of ketones is 1. The van der Waals surface area contributed by atoms with Crippen molar-refractivity contribution >= 4 is 17.7 Å². The Hall–Kier alpha value is -2.67. The number of nitrogens with zero attached hydrogens (tertiary/aromatic N) is 1. The van der Waals surface area contributed by atoms with Crippen LogP contribution in [0, 0.1) is 0 Å². The molecule has 1 aromatic rings. The number of Topliss-reactive ketones (excluding diaryl/α,β-unsaturated/α-hetero) is 1. The fourth-order valence-electron chi connectivity index (χ4n) is 1.48. The number of hydrogen-bond donors (Lipinski definition) is 2. The molecule has 0 radical (unpaired) electrons. The van der Waals surface area contributed by atoms with Gasteiger partial charge < -0.3 is 19.8 Å². The van der Waals surface area contributed by atoms with Crippen LogP contribution in [0.2, 0.25) is 0 Å². The highest BCUT2D eigenvalue weighted by molar-refractivity contribution is 5.89. The topological polar surface area (TPSA) is 104 Å². The summed E-state index contributed by atoms with van der Waals surface area (Å²) < 4.78 is 5.55. The smallest absolute Gasteiger partial charge is 0.328 e. The lowest BCUT2D eigenvalue weighted by Crippen LogP contribution is -2.19. The standard InChI is InChI=1S/C13H19NO2.C4H4O4/c1-11(15)10-12-4-6-13(7-5-12)16-9-8-14(2)3;5-3(6)1-2-4(7)8/h4-7H,8-10H2,1-3H3;1-2H,(H,5,6)(H,7,8)/b;2-1-. The van der Waals surface area contributed by atoms with Crippen molar-refractivity contribution in [3.05, 3.63) is 42.0 Å². The van der Waals surface area contributed by atoms with Gasteiger partial charge in [0.1, 0.15) is 18.1 Å². The van der Waals surface area contributed by atoms with Crippen LogP contribution in [-0.2, 0) is 20.8 Å². The molecule has 0 saturated carbocycles. The number of carboxylic acid groups (broad SMARTS) is 2. The van der Waals surface area contributed by atoms with Crippen molar-refractivity contribution in [2.24, 2.45) is 0 Å². The molecule has 0 unspecified atom stereocenters. The Bertz CT molecular complexity index is 547. The van der Waals surface area contributed by atoms with E-state index in [1.165, 1.54) is 0 Å². The maximum Gasteiger partial charge on any atom is 0.328 e. The van der Waals surface area contributed by atoms with Gasteiger partial charge in [-0.15, -0.1) is 0 Å². The van der Waals surface area contributed by atoms with E-state index in [2.05, 4.69) is 4.90 Å². The fraction of sp³-hybridized carbons (Fsp3) is 0.353. The zero-order valence-electron chi connectivity index (χ0n) is 14.1. The van der Waals surface area contributed by atoms with Crippen LogP contribution >= 0.6 is 0 Å². The number of carbonyl (C=O) groups is 3. The van der Waals surface area contributed by atoms with Crippen LogP contribution in [-0.4, -0.2) is 60.1 Å². The van der Waals surface area contributed by atoms with Gasteiger partial charge in [-0.25, -0.2) is 9.59 Å². The highest BCUT2D eigenvalue weighted by atomic mass is 16.5. The lowest BCUT2D eigenvalue weighted by atomic mass is 10.1. The summed E-state index contributed by atoms with van der Waals surface area (Å²) in [6.07, 6.45) is 1.61. The number of carboxylic acids is 2. The normalized spacial score (nSPS) is 10.2. The fourth-order valence-corrected chi connectivity index (χ4v) is 1.48. The third kappa shape index (κ3) is 13.0. The summed E-state index contributed by atoms with van der Waals surface area (Å²) in [4.78, 5) is 32.1. The van der Waals surface area contributed by atoms with E-state index in [0.29, 0.717) is 25.2 Å². The lowest BCUT2D eigenvalue weighted by molar-refractivity contribution is -0.134. The molecule has 24 heavy (non-hydrogen) atoms. The summed E-state index contributed by atoms with van der Waals surface area (Å²) >= 11 is 0. The Labute approximate surface area is 141 Å². The quantitative estimate of drug-likeness (QED) is 0.692. The van der Waals surface area contributed by atoms with E-state index >= 15 is 0 Å². The molecule has 0 saturated heterocycles. The summed E-state index contributed by atoms with van der Waals surface area (Å²) in [7, 11) is 4.03. The van der Waals surface area contributed by atoms with Gasteiger partial charge in [0.05, 0.1) is 0 Å². The molecular formula is C17H23NO6. The predicted octanol–water partition coefficient (Wildman–Crippen LogP) is 1.47. The molecule has 0 fully saturated rings. The van der Waals surface area contributed by atoms with E-state index in [1.54, 1.807) is 6.92 Å². The molecule has 0 aliphatic carbocycles. The molecule has 0 atom stereocenters. The van der Waals surface area contributed by atoms with E-state index in [-0.39, 0.29) is 5.78 Å². The third-order valence-corrected chi connectivity index (χ3v) is 2.55. The van der Waals surface area contributed by atoms with Gasteiger partial charge in [0.25, 0.3) is 0 Å². The minimum atomic E-state index is -1.26. The number of likely N-dealkylation sites (N-methyl/N-ethyl adjacent to an activating group) is 1. The number of ether oxygens (including phenoxy) is 1. The molecule has 0 aliphatic heterocycles. The SMILES string of the molecule is CC(=O)Cc1ccc(OCCN(C)C)cc1.O=C(O)/C=C\C(=O)O. The molecule has 0 aromatic heterocycles. The van der Waals surface area contributed by atoms with E-state index < -0.39 is 11.9 Å². The summed E-state index contributed by atoms with van der Waals surface area (Å²) in [6.45, 7) is 3.18. The molecule has 0 aliphatic rings. The highest BCUT2D eigenvalue weighted by Gasteiger charge is 1.99. The Kier molecular flexibility index (Phi) is 10.5. The van der Waals surface area contributed by atoms with Crippen LogP contribution in [0.5, 0.6) is 5.75 Å². The average molecular weight is 337 g/mol. The molecule has 0 heterocycles. The molecule has 0 amide bonds. The van der Waals surface area contributed by atoms with Gasteiger partial charge in [-0.2, -0.15) is 0 Å². The van der Waals surface area contributed by atoms with Crippen molar-refractivity contribution in [3.63, 3.8) is 0 Å². The molecular weight excluding hydrogens is 314 g/mol. The highest BCUT2D eigenvalue weighted by Crippen LogP contribution is 2.12. The van der Waals surface area contributed by atoms with Crippen LogP contribution < -0.4 is 4.74 Å². The Morgan fingerprint density at radius 1 is 1.04 bits per heavy atom. The second-order valence-electron chi connectivity index (χ2n) is 5.18. The summed E-state index contributed by atoms with van der Waals surface area (Å²) in [6, 6.07) is 7.70. The predicted molar refractivity (Wildman–Crippen MR) is 89.3 cm³/mol. The number of benzene rings is 1. The lowest BCUT2D eigenvalue weighted by Gasteiger charge is -2.11. The second kappa shape index (κ2) is 11.8. The van der Waals surface area contributed by atoms with Crippen LogP contribution in [0.25, 0.3) is 0 Å². The molecule has 2 N–H and O–H groups in total. The third-order valence-electron chi connectivity index (χ3n) is 2.55. The summed E-state index contributed by atoms with van der Waals surface area (Å²) in [5.74, 6) is -1.48. The van der Waals surface area contributed by atoms with Gasteiger partial charge in [0, 0.05) is 25.1 Å². The van der Waals surface area contributed by atoms with Crippen molar-refractivity contribution in [1.82, 2.24) is 4.90 Å². The van der Waals surface area contributed by atoms with Crippen molar-refractivity contribution in [1.29, 1.82) is 0 Å². The molecule has 7 heteroatoms. The average Bonchev–Trinajstić information content (AvgIpc) is 2.47. The zero-order valence-corrected chi connectivity index (χ0v) is 14.1. The van der Waals surface area contributed by atoms with Gasteiger partial charge in [0.2, 0.25) is 0 Å². The van der Waals surface area contributed by atoms with Crippen molar-refractivity contribution < 1.29 is 29.3 Å². The Morgan fingerprint density at radius 2 is 1.54 bits per heavy atom. The van der Waals surface area contributed by atoms with Crippen molar-refractivity contribution in [2.75, 3.05) is 27.2 Å². The number of hydrogen-bond acceptors (Lipinski definition) is 5. The van der Waals surface area contributed by atoms with Crippen LogP contribution in [0.1, 0.15) is 12.5 Å². The van der Waals surface area contributed by atoms with Gasteiger partial charge in [-0.05, 0) is 38.7 Å². The van der Waals surface area contributed by atoms with Gasteiger partial charge >= 0.3 is 11.9 Å². The minimum Gasteiger partial charge on any atom is -0.492 e. The van der Waals surface area contributed by atoms with E-state index in [1.807, 2.05) is 38.4 Å². The first-order valence-electron chi connectivity index (χ1n) is 7.20. The van der Waals surface area contributed by atoms with Gasteiger partial charge in [-0.1, -0.05) is 12.1 Å². The molecule has 0 spiro atoms. The van der Waals surface area contributed by atoms with E-state index in [9.17, 15) is 14.4 Å². The van der Waals surface area contributed by atoms with Crippen LogP contribution in [0.15, 0.2) is 36.4 Å². The first kappa shape index (κ1) is 21.3.